The molecule has 152 valence electrons. The number of fused-ring (bicyclic) bond motifs is 1. The van der Waals surface area contributed by atoms with Crippen LogP contribution in [0.1, 0.15) is 17.4 Å². The fourth-order valence-electron chi connectivity index (χ4n) is 3.17. The average molecular weight is 414 g/mol. The molecule has 10 heteroatoms. The van der Waals surface area contributed by atoms with Crippen LogP contribution < -0.4 is 10.6 Å². The molecule has 1 amide bonds. The van der Waals surface area contributed by atoms with Gasteiger partial charge in [-0.3, -0.25) is 4.79 Å². The number of nitrogens with two attached hydrogens (primary N) is 1. The van der Waals surface area contributed by atoms with Gasteiger partial charge < -0.3 is 20.3 Å². The maximum Gasteiger partial charge on any atom is 0.219 e. The first-order valence-electron chi connectivity index (χ1n) is 9.36. The van der Waals surface area contributed by atoms with Crippen LogP contribution in [0.3, 0.4) is 0 Å². The first-order valence-corrected chi connectivity index (χ1v) is 10.2. The molecule has 4 rings (SSSR count). The van der Waals surface area contributed by atoms with Crippen molar-refractivity contribution in [1.29, 1.82) is 0 Å². The Morgan fingerprint density at radius 3 is 2.62 bits per heavy atom. The number of rotatable bonds is 4. The average Bonchev–Trinajstić information content (AvgIpc) is 3.04. The van der Waals surface area contributed by atoms with E-state index in [4.69, 9.17) is 20.4 Å². The molecule has 1 aliphatic heterocycles. The lowest BCUT2D eigenvalue weighted by atomic mass is 10.2. The van der Waals surface area contributed by atoms with Gasteiger partial charge in [0.1, 0.15) is 0 Å². The summed E-state index contributed by atoms with van der Waals surface area (Å²) in [7, 11) is 1.80. The molecular formula is C19H23N7O2S. The fraction of sp³-hybridized carbons (Fsp3) is 0.421. The highest BCUT2D eigenvalue weighted by Gasteiger charge is 2.23. The van der Waals surface area contributed by atoms with Crippen LogP contribution in [0.4, 0.5) is 11.8 Å². The Morgan fingerprint density at radius 2 is 1.97 bits per heavy atom. The van der Waals surface area contributed by atoms with Crippen molar-refractivity contribution in [1.82, 2.24) is 24.8 Å². The summed E-state index contributed by atoms with van der Waals surface area (Å²) in [5.41, 5.74) is 8.29. The predicted octanol–water partition coefficient (Wildman–Crippen LogP) is 1.85. The summed E-state index contributed by atoms with van der Waals surface area (Å²) in [5.74, 6) is 1.69. The predicted molar refractivity (Wildman–Crippen MR) is 113 cm³/mol. The minimum absolute atomic E-state index is 0.0288. The Labute approximate surface area is 172 Å². The van der Waals surface area contributed by atoms with E-state index in [1.807, 2.05) is 6.92 Å². The molecule has 9 nitrogen and oxygen atoms in total. The molecule has 0 spiro atoms. The van der Waals surface area contributed by atoms with Gasteiger partial charge in [0.25, 0.3) is 0 Å². The molecule has 3 aromatic heterocycles. The summed E-state index contributed by atoms with van der Waals surface area (Å²) in [4.78, 5) is 34.6. The van der Waals surface area contributed by atoms with Gasteiger partial charge in [-0.2, -0.15) is 0 Å². The highest BCUT2D eigenvalue weighted by molar-refractivity contribution is 7.19. The Hall–Kier alpha value is -2.85. The summed E-state index contributed by atoms with van der Waals surface area (Å²) >= 11 is 1.64. The molecule has 0 aliphatic carbocycles. The van der Waals surface area contributed by atoms with Crippen LogP contribution in [0.25, 0.3) is 21.6 Å². The van der Waals surface area contributed by atoms with E-state index >= 15 is 0 Å². The Bertz CT molecular complexity index is 1040. The first-order chi connectivity index (χ1) is 13.9. The highest BCUT2D eigenvalue weighted by Crippen LogP contribution is 2.37. The number of carbonyl (C=O) groups is 1. The smallest absolute Gasteiger partial charge is 0.219 e. The SMILES string of the molecule is CC(=O)N(C)Cc1sc2c(N3CCOCC3)nc(-c3cnc(N)nc3)nc2c1C. The summed E-state index contributed by atoms with van der Waals surface area (Å²) in [6.07, 6.45) is 3.28. The van der Waals surface area contributed by atoms with Crippen LogP contribution in [0, 0.1) is 6.92 Å². The molecule has 1 saturated heterocycles. The molecule has 3 aromatic rings. The van der Waals surface area contributed by atoms with Crippen molar-refractivity contribution < 1.29 is 9.53 Å². The number of nitrogens with zero attached hydrogens (tertiary/aromatic N) is 6. The van der Waals surface area contributed by atoms with Crippen LogP contribution in [0.2, 0.25) is 0 Å². The molecule has 0 atom stereocenters. The van der Waals surface area contributed by atoms with E-state index in [1.165, 1.54) is 0 Å². The number of nitrogen functional groups attached to an aromatic ring is 1. The number of amides is 1. The standard InChI is InChI=1S/C19H23N7O2S/c1-11-14(10-25(3)12(2)27)29-16-15(11)23-17(13-8-21-19(20)22-9-13)24-18(16)26-4-6-28-7-5-26/h8-9H,4-7,10H2,1-3H3,(H2,20,21,22). The summed E-state index contributed by atoms with van der Waals surface area (Å²) in [5, 5.41) is 0. The van der Waals surface area contributed by atoms with Crippen molar-refractivity contribution in [2.24, 2.45) is 0 Å². The third-order valence-electron chi connectivity index (χ3n) is 5.01. The molecule has 29 heavy (non-hydrogen) atoms. The molecule has 0 aromatic carbocycles. The number of ether oxygens (including phenoxy) is 1. The van der Waals surface area contributed by atoms with Crippen molar-refractivity contribution in [2.75, 3.05) is 44.0 Å². The number of morpholine rings is 1. The van der Waals surface area contributed by atoms with Gasteiger partial charge in [0.2, 0.25) is 11.9 Å². The number of aryl methyl sites for hydroxylation is 1. The van der Waals surface area contributed by atoms with Crippen LogP contribution in [-0.2, 0) is 16.1 Å². The lowest BCUT2D eigenvalue weighted by Gasteiger charge is -2.28. The van der Waals surface area contributed by atoms with E-state index in [-0.39, 0.29) is 11.9 Å². The van der Waals surface area contributed by atoms with Crippen LogP contribution in [-0.4, -0.2) is 64.1 Å². The molecule has 0 radical (unpaired) electrons. The second kappa shape index (κ2) is 7.88. The van der Waals surface area contributed by atoms with Crippen molar-refractivity contribution in [3.63, 3.8) is 0 Å². The lowest BCUT2D eigenvalue weighted by molar-refractivity contribution is -0.128. The molecule has 2 N–H and O–H groups in total. The molecule has 0 unspecified atom stereocenters. The van der Waals surface area contributed by atoms with Crippen LogP contribution >= 0.6 is 11.3 Å². The first kappa shape index (κ1) is 19.5. The third-order valence-corrected chi connectivity index (χ3v) is 6.27. The van der Waals surface area contributed by atoms with E-state index in [2.05, 4.69) is 14.9 Å². The van der Waals surface area contributed by atoms with Gasteiger partial charge >= 0.3 is 0 Å². The second-order valence-corrected chi connectivity index (χ2v) is 8.11. The van der Waals surface area contributed by atoms with E-state index < -0.39 is 0 Å². The quantitative estimate of drug-likeness (QED) is 0.690. The van der Waals surface area contributed by atoms with E-state index in [0.717, 1.165) is 39.6 Å². The van der Waals surface area contributed by atoms with Crippen molar-refractivity contribution in [3.8, 4) is 11.4 Å². The summed E-state index contributed by atoms with van der Waals surface area (Å²) in [6.45, 7) is 7.02. The van der Waals surface area contributed by atoms with E-state index in [9.17, 15) is 4.79 Å². The molecular weight excluding hydrogens is 390 g/mol. The third kappa shape index (κ3) is 3.85. The Morgan fingerprint density at radius 1 is 1.28 bits per heavy atom. The van der Waals surface area contributed by atoms with Crippen molar-refractivity contribution >= 4 is 39.2 Å². The number of carbonyl (C=O) groups excluding carboxylic acids is 1. The van der Waals surface area contributed by atoms with Gasteiger partial charge in [-0.1, -0.05) is 0 Å². The Balaban J connectivity index is 1.86. The summed E-state index contributed by atoms with van der Waals surface area (Å²) in [6, 6.07) is 0. The van der Waals surface area contributed by atoms with Crippen LogP contribution in [0.5, 0.6) is 0 Å². The number of aromatic nitrogens is 4. The summed E-state index contributed by atoms with van der Waals surface area (Å²) < 4.78 is 6.53. The maximum atomic E-state index is 11.7. The van der Waals surface area contributed by atoms with Gasteiger partial charge in [-0.25, -0.2) is 19.9 Å². The highest BCUT2D eigenvalue weighted by atomic mass is 32.1. The van der Waals surface area contributed by atoms with E-state index in [0.29, 0.717) is 31.1 Å². The molecule has 0 bridgehead atoms. The van der Waals surface area contributed by atoms with Gasteiger partial charge in [0.15, 0.2) is 11.6 Å². The number of hydrogen-bond donors (Lipinski definition) is 1. The van der Waals surface area contributed by atoms with E-state index in [1.54, 1.807) is 42.6 Å². The minimum Gasteiger partial charge on any atom is -0.378 e. The molecule has 4 heterocycles. The largest absolute Gasteiger partial charge is 0.378 e. The number of hydrogen-bond acceptors (Lipinski definition) is 9. The topological polar surface area (TPSA) is 110 Å². The molecule has 1 aliphatic rings. The molecule has 0 saturated carbocycles. The normalized spacial score (nSPS) is 14.4. The number of anilines is 2. The minimum atomic E-state index is 0.0288. The van der Waals surface area contributed by atoms with Gasteiger partial charge in [-0.15, -0.1) is 11.3 Å². The second-order valence-electron chi connectivity index (χ2n) is 7.00. The van der Waals surface area contributed by atoms with Crippen molar-refractivity contribution in [2.45, 2.75) is 20.4 Å². The van der Waals surface area contributed by atoms with Gasteiger partial charge in [0.05, 0.1) is 35.5 Å². The Kier molecular flexibility index (Phi) is 5.29. The van der Waals surface area contributed by atoms with Crippen molar-refractivity contribution in [3.05, 3.63) is 22.8 Å². The fourth-order valence-corrected chi connectivity index (χ4v) is 4.48. The van der Waals surface area contributed by atoms with Gasteiger partial charge in [0, 0.05) is 44.3 Å². The lowest BCUT2D eigenvalue weighted by Crippen LogP contribution is -2.36. The molecule has 1 fully saturated rings. The zero-order valence-corrected chi connectivity index (χ0v) is 17.5. The monoisotopic (exact) mass is 413 g/mol. The zero-order chi connectivity index (χ0) is 20.5. The maximum absolute atomic E-state index is 11.7. The number of thiophene rings is 1. The van der Waals surface area contributed by atoms with Gasteiger partial charge in [-0.05, 0) is 12.5 Å². The zero-order valence-electron chi connectivity index (χ0n) is 16.7. The van der Waals surface area contributed by atoms with Crippen LogP contribution in [0.15, 0.2) is 12.4 Å².